The highest BCUT2D eigenvalue weighted by atomic mass is 79.9. The van der Waals surface area contributed by atoms with Gasteiger partial charge in [-0.25, -0.2) is 0 Å². The minimum Gasteiger partial charge on any atom is -0.351 e. The molecule has 0 aliphatic rings. The summed E-state index contributed by atoms with van der Waals surface area (Å²) in [6.07, 6.45) is 2.76. The van der Waals surface area contributed by atoms with Crippen molar-refractivity contribution in [2.24, 2.45) is 0 Å². The summed E-state index contributed by atoms with van der Waals surface area (Å²) in [5.41, 5.74) is 4.43. The molecule has 0 radical (unpaired) electrons. The number of alkyl halides is 1. The number of anilines is 1. The van der Waals surface area contributed by atoms with E-state index in [1.165, 1.54) is 5.56 Å². The number of hydrogen-bond donors (Lipinski definition) is 0. The van der Waals surface area contributed by atoms with Crippen molar-refractivity contribution >= 4 is 38.8 Å². The number of benzene rings is 1. The minimum atomic E-state index is 0.443. The zero-order chi connectivity index (χ0) is 13.0. The van der Waals surface area contributed by atoms with Gasteiger partial charge >= 0.3 is 0 Å². The molecule has 0 bridgehead atoms. The van der Waals surface area contributed by atoms with Gasteiger partial charge in [0.15, 0.2) is 0 Å². The number of rotatable bonds is 5. The van der Waals surface area contributed by atoms with Crippen molar-refractivity contribution in [1.29, 1.82) is 0 Å². The fraction of sp³-hybridized carbons (Fsp3) is 0.286. The van der Waals surface area contributed by atoms with E-state index in [9.17, 15) is 0 Å². The van der Waals surface area contributed by atoms with Crippen molar-refractivity contribution in [2.75, 3.05) is 17.8 Å². The lowest BCUT2D eigenvalue weighted by Crippen LogP contribution is -2.10. The Morgan fingerprint density at radius 3 is 2.65 bits per heavy atom. The first kappa shape index (κ1) is 14.3. The summed E-state index contributed by atoms with van der Waals surface area (Å²) in [5.74, 6) is 0.443. The third-order valence-electron chi connectivity index (χ3n) is 2.75. The van der Waals surface area contributed by atoms with Crippen LogP contribution in [0.1, 0.15) is 18.1 Å². The molecule has 0 saturated heterocycles. The summed E-state index contributed by atoms with van der Waals surface area (Å²) in [4.78, 5) is 2.01. The molecule has 0 N–H and O–H groups in total. The molecule has 0 atom stereocenters. The molecule has 3 heteroatoms. The second-order valence-corrected chi connectivity index (χ2v) is 4.97. The lowest BCUT2D eigenvalue weighted by Gasteiger charge is -2.20. The van der Waals surface area contributed by atoms with Crippen LogP contribution in [-0.2, 0) is 6.42 Å². The average molecular weight is 315 g/mol. The smallest absolute Gasteiger partial charge is 0.0474 e. The molecule has 0 amide bonds. The third-order valence-corrected chi connectivity index (χ3v) is 3.72. The van der Waals surface area contributed by atoms with Gasteiger partial charge in [0.05, 0.1) is 0 Å². The highest BCUT2D eigenvalue weighted by molar-refractivity contribution is 9.10. The van der Waals surface area contributed by atoms with Gasteiger partial charge in [-0.3, -0.25) is 0 Å². The van der Waals surface area contributed by atoms with E-state index >= 15 is 0 Å². The molecule has 1 nitrogen and oxygen atoms in total. The highest BCUT2D eigenvalue weighted by Gasteiger charge is 2.11. The van der Waals surface area contributed by atoms with Crippen LogP contribution in [0.2, 0.25) is 0 Å². The molecule has 0 heterocycles. The molecule has 0 aromatic heterocycles. The van der Waals surface area contributed by atoms with Crippen molar-refractivity contribution in [3.63, 3.8) is 0 Å². The molecule has 0 spiro atoms. The van der Waals surface area contributed by atoms with Gasteiger partial charge in [-0.15, -0.1) is 11.6 Å². The van der Waals surface area contributed by atoms with Crippen molar-refractivity contribution in [1.82, 2.24) is 0 Å². The zero-order valence-corrected chi connectivity index (χ0v) is 12.6. The van der Waals surface area contributed by atoms with E-state index < -0.39 is 0 Å². The van der Waals surface area contributed by atoms with Gasteiger partial charge in [-0.1, -0.05) is 36.0 Å². The van der Waals surface area contributed by atoms with Crippen LogP contribution in [0.15, 0.2) is 36.0 Å². The number of hydrogen-bond acceptors (Lipinski definition) is 1. The van der Waals surface area contributed by atoms with Crippen LogP contribution in [0.5, 0.6) is 0 Å². The molecule has 1 aromatic carbocycles. The van der Waals surface area contributed by atoms with E-state index in [1.807, 2.05) is 11.9 Å². The first-order valence-electron chi connectivity index (χ1n) is 5.47. The lowest BCUT2D eigenvalue weighted by atomic mass is 10.0. The first-order chi connectivity index (χ1) is 8.04. The van der Waals surface area contributed by atoms with Gasteiger partial charge in [-0.2, -0.15) is 0 Å². The van der Waals surface area contributed by atoms with Gasteiger partial charge in [0.2, 0.25) is 0 Å². The quantitative estimate of drug-likeness (QED) is 0.703. The standard InChI is InChI=1S/C14H17BrClN/c1-5-11-7-12(10(3)9-16)13(15)8-14(11)17(4)6-2/h6-8H,2-3,5,9H2,1,4H3. The van der Waals surface area contributed by atoms with Gasteiger partial charge < -0.3 is 4.90 Å². The fourth-order valence-electron chi connectivity index (χ4n) is 1.66. The van der Waals surface area contributed by atoms with E-state index in [0.717, 1.165) is 27.7 Å². The highest BCUT2D eigenvalue weighted by Crippen LogP contribution is 2.32. The number of nitrogens with zero attached hydrogens (tertiary/aromatic N) is 1. The summed E-state index contributed by atoms with van der Waals surface area (Å²) in [6.45, 7) is 9.90. The van der Waals surface area contributed by atoms with Crippen LogP contribution in [0.4, 0.5) is 5.69 Å². The Hall–Kier alpha value is -0.730. The normalized spacial score (nSPS) is 10.1. The Bertz CT molecular complexity index is 440. The fourth-order valence-corrected chi connectivity index (χ4v) is 2.42. The summed E-state index contributed by atoms with van der Waals surface area (Å²) < 4.78 is 1.02. The van der Waals surface area contributed by atoms with Crippen LogP contribution in [0.25, 0.3) is 5.57 Å². The predicted octanol–water partition coefficient (Wildman–Crippen LogP) is 4.84. The van der Waals surface area contributed by atoms with Gasteiger partial charge in [0.25, 0.3) is 0 Å². The molecule has 0 aliphatic heterocycles. The Balaban J connectivity index is 3.33. The summed E-state index contributed by atoms with van der Waals surface area (Å²) in [6, 6.07) is 4.23. The van der Waals surface area contributed by atoms with E-state index in [4.69, 9.17) is 11.6 Å². The molecule has 0 unspecified atom stereocenters. The van der Waals surface area contributed by atoms with Gasteiger partial charge in [0.1, 0.15) is 0 Å². The summed E-state index contributed by atoms with van der Waals surface area (Å²) in [7, 11) is 1.99. The van der Waals surface area contributed by atoms with Crippen LogP contribution >= 0.6 is 27.5 Å². The molecular formula is C14H17BrClN. The van der Waals surface area contributed by atoms with E-state index in [1.54, 1.807) is 6.20 Å². The maximum Gasteiger partial charge on any atom is 0.0474 e. The molecule has 0 saturated carbocycles. The van der Waals surface area contributed by atoms with Crippen LogP contribution < -0.4 is 4.90 Å². The third kappa shape index (κ3) is 3.14. The van der Waals surface area contributed by atoms with Crippen LogP contribution in [-0.4, -0.2) is 12.9 Å². The zero-order valence-electron chi connectivity index (χ0n) is 10.3. The first-order valence-corrected chi connectivity index (χ1v) is 6.79. The van der Waals surface area contributed by atoms with Crippen molar-refractivity contribution < 1.29 is 0 Å². The van der Waals surface area contributed by atoms with Crippen molar-refractivity contribution in [2.45, 2.75) is 13.3 Å². The molecular weight excluding hydrogens is 298 g/mol. The number of allylic oxidation sites excluding steroid dienone is 1. The Labute approximate surface area is 117 Å². The summed E-state index contributed by atoms with van der Waals surface area (Å²) >= 11 is 9.41. The minimum absolute atomic E-state index is 0.443. The molecule has 92 valence electrons. The van der Waals surface area contributed by atoms with Crippen LogP contribution in [0.3, 0.4) is 0 Å². The maximum absolute atomic E-state index is 5.84. The van der Waals surface area contributed by atoms with Crippen molar-refractivity contribution in [3.8, 4) is 0 Å². The van der Waals surface area contributed by atoms with E-state index in [0.29, 0.717) is 5.88 Å². The summed E-state index contributed by atoms with van der Waals surface area (Å²) in [5, 5.41) is 0. The Kier molecular flexibility index (Phi) is 5.29. The largest absolute Gasteiger partial charge is 0.351 e. The Morgan fingerprint density at radius 2 is 2.18 bits per heavy atom. The van der Waals surface area contributed by atoms with Crippen molar-refractivity contribution in [3.05, 3.63) is 47.1 Å². The lowest BCUT2D eigenvalue weighted by molar-refractivity contribution is 1.09. The second-order valence-electron chi connectivity index (χ2n) is 3.84. The SMILES string of the molecule is C=CN(C)c1cc(Br)c(C(=C)CCl)cc1CC. The topological polar surface area (TPSA) is 3.24 Å². The number of halogens is 2. The molecule has 1 rings (SSSR count). The molecule has 17 heavy (non-hydrogen) atoms. The number of aryl methyl sites for hydroxylation is 1. The second kappa shape index (κ2) is 6.27. The van der Waals surface area contributed by atoms with Gasteiger partial charge in [0, 0.05) is 23.1 Å². The van der Waals surface area contributed by atoms with E-state index in [-0.39, 0.29) is 0 Å². The Morgan fingerprint density at radius 1 is 1.53 bits per heavy atom. The average Bonchev–Trinajstić information content (AvgIpc) is 2.36. The monoisotopic (exact) mass is 313 g/mol. The molecule has 0 aliphatic carbocycles. The van der Waals surface area contributed by atoms with Gasteiger partial charge in [-0.05, 0) is 41.5 Å². The molecule has 0 fully saturated rings. The molecule has 1 aromatic rings. The van der Waals surface area contributed by atoms with E-state index in [2.05, 4.69) is 48.1 Å². The van der Waals surface area contributed by atoms with Crippen LogP contribution in [0, 0.1) is 0 Å². The maximum atomic E-state index is 5.84. The predicted molar refractivity (Wildman–Crippen MR) is 81.9 cm³/mol.